The topological polar surface area (TPSA) is 205 Å². The minimum absolute atomic E-state index is 0.0148. The number of hydrogen-bond donors (Lipinski definition) is 7. The van der Waals surface area contributed by atoms with Gasteiger partial charge in [-0.05, 0) is 57.9 Å². The Labute approximate surface area is 256 Å². The van der Waals surface area contributed by atoms with E-state index in [4.69, 9.17) is 23.7 Å². The lowest BCUT2D eigenvalue weighted by Crippen LogP contribution is -2.65. The molecule has 10 atom stereocenters. The minimum Gasteiger partial charge on any atom is -0.508 e. The van der Waals surface area contributed by atoms with Crippen molar-refractivity contribution in [3.05, 3.63) is 59.7 Å². The molecule has 1 aromatic carbocycles. The summed E-state index contributed by atoms with van der Waals surface area (Å²) in [6.45, 7) is 5.92. The van der Waals surface area contributed by atoms with Crippen molar-refractivity contribution in [1.29, 1.82) is 0 Å². The average molecular weight is 625 g/mol. The number of aliphatic hydroxyl groups is 6. The monoisotopic (exact) mass is 624 g/mol. The Bertz CT molecular complexity index is 1140. The van der Waals surface area contributed by atoms with Crippen LogP contribution >= 0.6 is 0 Å². The highest BCUT2D eigenvalue weighted by atomic mass is 16.7. The molecule has 44 heavy (non-hydrogen) atoms. The molecule has 1 aromatic rings. The van der Waals surface area contributed by atoms with Crippen LogP contribution in [0.15, 0.2) is 54.1 Å². The number of aromatic hydroxyl groups is 1. The van der Waals surface area contributed by atoms with Crippen molar-refractivity contribution in [2.45, 2.75) is 101 Å². The molecule has 0 amide bonds. The van der Waals surface area contributed by atoms with Crippen molar-refractivity contribution < 1.29 is 64.2 Å². The smallest absolute Gasteiger partial charge is 0.331 e. The number of rotatable bonds is 12. The van der Waals surface area contributed by atoms with Crippen LogP contribution in [-0.4, -0.2) is 122 Å². The Kier molecular flexibility index (Phi) is 13.0. The summed E-state index contributed by atoms with van der Waals surface area (Å²) in [5.74, 6) is -0.829. The van der Waals surface area contributed by atoms with Crippen LogP contribution in [0.1, 0.15) is 39.7 Å². The third kappa shape index (κ3) is 10.2. The van der Waals surface area contributed by atoms with Crippen LogP contribution in [0.2, 0.25) is 0 Å². The highest BCUT2D eigenvalue weighted by Crippen LogP contribution is 2.31. The molecule has 7 N–H and O–H groups in total. The first-order valence-corrected chi connectivity index (χ1v) is 14.3. The molecular weight excluding hydrogens is 580 g/mol. The van der Waals surface area contributed by atoms with E-state index in [-0.39, 0.29) is 12.4 Å². The third-order valence-electron chi connectivity index (χ3n) is 7.11. The summed E-state index contributed by atoms with van der Waals surface area (Å²) >= 11 is 0. The van der Waals surface area contributed by atoms with E-state index in [0.29, 0.717) is 12.0 Å². The Hall–Kier alpha value is -2.69. The molecule has 3 rings (SSSR count). The molecule has 0 aromatic heterocycles. The van der Waals surface area contributed by atoms with Crippen LogP contribution < -0.4 is 0 Å². The summed E-state index contributed by atoms with van der Waals surface area (Å²) in [7, 11) is 0. The van der Waals surface area contributed by atoms with Crippen molar-refractivity contribution >= 4 is 12.0 Å². The molecule has 1 unspecified atom stereocenters. The van der Waals surface area contributed by atoms with E-state index in [9.17, 15) is 40.5 Å². The van der Waals surface area contributed by atoms with Gasteiger partial charge in [-0.25, -0.2) is 4.79 Å². The van der Waals surface area contributed by atoms with Crippen LogP contribution in [0.5, 0.6) is 5.75 Å². The Balaban J connectivity index is 1.78. The van der Waals surface area contributed by atoms with Gasteiger partial charge in [-0.15, -0.1) is 0 Å². The van der Waals surface area contributed by atoms with Crippen molar-refractivity contribution in [2.24, 2.45) is 0 Å². The Morgan fingerprint density at radius 3 is 2.30 bits per heavy atom. The maximum Gasteiger partial charge on any atom is 0.331 e. The summed E-state index contributed by atoms with van der Waals surface area (Å²) in [6, 6.07) is 6.01. The van der Waals surface area contributed by atoms with Crippen molar-refractivity contribution in [2.75, 3.05) is 13.2 Å². The van der Waals surface area contributed by atoms with Crippen LogP contribution in [-0.2, 0) is 28.5 Å². The number of ether oxygens (including phenoxy) is 5. The van der Waals surface area contributed by atoms with E-state index in [2.05, 4.69) is 0 Å². The molecule has 0 saturated carbocycles. The van der Waals surface area contributed by atoms with E-state index in [1.54, 1.807) is 44.2 Å². The van der Waals surface area contributed by atoms with Gasteiger partial charge in [0.1, 0.15) is 42.4 Å². The maximum atomic E-state index is 12.8. The summed E-state index contributed by atoms with van der Waals surface area (Å²) in [5.41, 5.74) is 0.530. The number of allylic oxidation sites excluding steroid dienone is 2. The van der Waals surface area contributed by atoms with E-state index >= 15 is 0 Å². The average Bonchev–Trinajstić information content (AvgIpc) is 2.96. The zero-order chi connectivity index (χ0) is 32.6. The van der Waals surface area contributed by atoms with Gasteiger partial charge in [0, 0.05) is 6.08 Å². The molecule has 246 valence electrons. The number of hydrogen-bond acceptors (Lipinski definition) is 13. The lowest BCUT2D eigenvalue weighted by molar-refractivity contribution is -0.356. The maximum absolute atomic E-state index is 12.8. The third-order valence-corrected chi connectivity index (χ3v) is 7.11. The van der Waals surface area contributed by atoms with Crippen LogP contribution in [0.3, 0.4) is 0 Å². The van der Waals surface area contributed by atoms with E-state index in [1.807, 2.05) is 6.92 Å². The SMILES string of the molecule is C/C(=C\CO[C@@H]1O[C@H](CO)[C@@H](OC(=O)/C=C/c2ccc(O)cc2)C(O[C@@H]2O[C@@H](C)[C@H](O)[C@@H](O)[C@H]2O)[C@H]1O)C/C=C/C(C)(C)O. The fourth-order valence-electron chi connectivity index (χ4n) is 4.58. The predicted octanol–water partition coefficient (Wildman–Crippen LogP) is 0.288. The standard InChI is InChI=1S/C31H44O13/c1-17(6-5-14-31(3,4)39)13-15-40-29-26(38)28(44-30-25(37)24(36)23(35)18(2)41-30)27(21(16-32)42-29)43-22(34)12-9-19-7-10-20(33)11-8-19/h5,7-14,18,21,23-30,32-33,35-39H,6,15-16H2,1-4H3/b12-9+,14-5+,17-13+/t18-,21+,23-,24+,25+,26+,27+,28?,29+,30-/m0/s1. The van der Waals surface area contributed by atoms with Gasteiger partial charge in [-0.3, -0.25) is 0 Å². The minimum atomic E-state index is -1.73. The molecule has 0 aliphatic carbocycles. The van der Waals surface area contributed by atoms with Crippen molar-refractivity contribution in [3.63, 3.8) is 0 Å². The summed E-state index contributed by atoms with van der Waals surface area (Å²) in [4.78, 5) is 12.8. The first-order chi connectivity index (χ1) is 20.7. The first-order valence-electron chi connectivity index (χ1n) is 14.3. The normalized spacial score (nSPS) is 33.6. The van der Waals surface area contributed by atoms with E-state index < -0.39 is 79.6 Å². The van der Waals surface area contributed by atoms with Gasteiger partial charge < -0.3 is 59.4 Å². The first kappa shape index (κ1) is 35.8. The zero-order valence-corrected chi connectivity index (χ0v) is 25.2. The molecule has 13 heteroatoms. The van der Waals surface area contributed by atoms with Crippen molar-refractivity contribution in [1.82, 2.24) is 0 Å². The van der Waals surface area contributed by atoms with E-state index in [0.717, 1.165) is 11.6 Å². The highest BCUT2D eigenvalue weighted by molar-refractivity contribution is 5.87. The number of carbonyl (C=O) groups is 1. The molecule has 0 spiro atoms. The molecule has 2 aliphatic rings. The number of phenolic OH excluding ortho intramolecular Hbond substituents is 1. The lowest BCUT2D eigenvalue weighted by atomic mass is 9.97. The summed E-state index contributed by atoms with van der Waals surface area (Å²) < 4.78 is 28.4. The fraction of sp³-hybridized carbons (Fsp3) is 0.581. The van der Waals surface area contributed by atoms with Gasteiger partial charge >= 0.3 is 5.97 Å². The number of aliphatic hydroxyl groups excluding tert-OH is 5. The van der Waals surface area contributed by atoms with Gasteiger partial charge in [0.25, 0.3) is 0 Å². The molecule has 0 radical (unpaired) electrons. The van der Waals surface area contributed by atoms with Crippen LogP contribution in [0.4, 0.5) is 0 Å². The fourth-order valence-corrected chi connectivity index (χ4v) is 4.58. The highest BCUT2D eigenvalue weighted by Gasteiger charge is 2.52. The van der Waals surface area contributed by atoms with Gasteiger partial charge in [0.05, 0.1) is 24.9 Å². The lowest BCUT2D eigenvalue weighted by Gasteiger charge is -2.46. The van der Waals surface area contributed by atoms with Gasteiger partial charge in [-0.2, -0.15) is 0 Å². The second-order valence-electron chi connectivity index (χ2n) is 11.5. The molecule has 2 aliphatic heterocycles. The molecule has 2 fully saturated rings. The number of phenols is 1. The van der Waals surface area contributed by atoms with Gasteiger partial charge in [0.15, 0.2) is 18.7 Å². The molecular formula is C31H44O13. The van der Waals surface area contributed by atoms with Crippen molar-refractivity contribution in [3.8, 4) is 5.75 Å². The Morgan fingerprint density at radius 1 is 0.977 bits per heavy atom. The van der Waals surface area contributed by atoms with Gasteiger partial charge in [0.2, 0.25) is 0 Å². The van der Waals surface area contributed by atoms with Gasteiger partial charge in [-0.1, -0.05) is 35.9 Å². The second kappa shape index (κ2) is 16.0. The molecule has 0 bridgehead atoms. The second-order valence-corrected chi connectivity index (χ2v) is 11.5. The molecule has 2 heterocycles. The molecule has 13 nitrogen and oxygen atoms in total. The zero-order valence-electron chi connectivity index (χ0n) is 25.2. The Morgan fingerprint density at radius 2 is 1.66 bits per heavy atom. The number of esters is 1. The predicted molar refractivity (Wildman–Crippen MR) is 156 cm³/mol. The van der Waals surface area contributed by atoms with E-state index in [1.165, 1.54) is 25.1 Å². The number of benzene rings is 1. The summed E-state index contributed by atoms with van der Waals surface area (Å²) in [5, 5.41) is 71.5. The van der Waals surface area contributed by atoms with Crippen LogP contribution in [0.25, 0.3) is 6.08 Å². The quantitative estimate of drug-likeness (QED) is 0.0950. The largest absolute Gasteiger partial charge is 0.508 e. The summed E-state index contributed by atoms with van der Waals surface area (Å²) in [6.07, 6.45) is -6.16. The number of carbonyl (C=O) groups excluding carboxylic acids is 1. The van der Waals surface area contributed by atoms with Crippen LogP contribution in [0, 0.1) is 0 Å². The molecule has 2 saturated heterocycles.